The van der Waals surface area contributed by atoms with E-state index in [1.165, 1.54) is 18.4 Å². The molecule has 0 N–H and O–H groups in total. The Morgan fingerprint density at radius 2 is 2.23 bits per heavy atom. The number of aromatic nitrogens is 1. The Bertz CT molecular complexity index is 275. The lowest BCUT2D eigenvalue weighted by atomic mass is 10.3. The maximum Gasteiger partial charge on any atom is 0.128 e. The second-order valence-corrected chi connectivity index (χ2v) is 4.02. The van der Waals surface area contributed by atoms with Crippen molar-refractivity contribution in [2.24, 2.45) is 5.92 Å². The Balaban J connectivity index is 2.01. The van der Waals surface area contributed by atoms with Crippen molar-refractivity contribution in [3.05, 3.63) is 23.9 Å². The monoisotopic (exact) mass is 176 g/mol. The Morgan fingerprint density at radius 1 is 1.46 bits per heavy atom. The van der Waals surface area contributed by atoms with Gasteiger partial charge in [0.05, 0.1) is 0 Å². The van der Waals surface area contributed by atoms with E-state index in [-0.39, 0.29) is 0 Å². The second kappa shape index (κ2) is 3.36. The van der Waals surface area contributed by atoms with Crippen LogP contribution in [0.1, 0.15) is 18.4 Å². The van der Waals surface area contributed by atoms with E-state index in [9.17, 15) is 0 Å². The fraction of sp³-hybridized carbons (Fsp3) is 0.545. The van der Waals surface area contributed by atoms with E-state index in [2.05, 4.69) is 36.0 Å². The molecule has 2 heteroatoms. The van der Waals surface area contributed by atoms with E-state index in [1.807, 2.05) is 6.20 Å². The Hall–Kier alpha value is -1.05. The summed E-state index contributed by atoms with van der Waals surface area (Å²) in [5, 5.41) is 0. The summed E-state index contributed by atoms with van der Waals surface area (Å²) in [4.78, 5) is 6.63. The van der Waals surface area contributed by atoms with Gasteiger partial charge in [0.25, 0.3) is 0 Å². The SMILES string of the molecule is Cc1ccc(N(C)CC2CC2)nc1. The van der Waals surface area contributed by atoms with Crippen LogP contribution in [0.25, 0.3) is 0 Å². The molecule has 1 aliphatic rings. The number of rotatable bonds is 3. The first-order valence-electron chi connectivity index (χ1n) is 4.89. The molecule has 0 unspecified atom stereocenters. The number of nitrogens with zero attached hydrogens (tertiary/aromatic N) is 2. The molecule has 0 aliphatic heterocycles. The first-order chi connectivity index (χ1) is 6.25. The Morgan fingerprint density at radius 3 is 2.77 bits per heavy atom. The molecule has 0 saturated heterocycles. The maximum atomic E-state index is 4.38. The molecule has 2 nitrogen and oxygen atoms in total. The lowest BCUT2D eigenvalue weighted by molar-refractivity contribution is 0.777. The van der Waals surface area contributed by atoms with Crippen molar-refractivity contribution >= 4 is 5.82 Å². The topological polar surface area (TPSA) is 16.1 Å². The summed E-state index contributed by atoms with van der Waals surface area (Å²) in [6.07, 6.45) is 4.73. The van der Waals surface area contributed by atoms with Crippen LogP contribution in [0.15, 0.2) is 18.3 Å². The minimum atomic E-state index is 0.924. The molecular formula is C11H16N2. The molecule has 0 amide bonds. The minimum absolute atomic E-state index is 0.924. The molecule has 1 aliphatic carbocycles. The highest BCUT2D eigenvalue weighted by molar-refractivity contribution is 5.38. The van der Waals surface area contributed by atoms with Gasteiger partial charge in [0, 0.05) is 19.8 Å². The van der Waals surface area contributed by atoms with Gasteiger partial charge in [-0.3, -0.25) is 0 Å². The summed E-state index contributed by atoms with van der Waals surface area (Å²) in [7, 11) is 2.12. The highest BCUT2D eigenvalue weighted by Crippen LogP contribution is 2.30. The van der Waals surface area contributed by atoms with Gasteiger partial charge in [-0.2, -0.15) is 0 Å². The fourth-order valence-electron chi connectivity index (χ4n) is 1.47. The largest absolute Gasteiger partial charge is 0.359 e. The number of aryl methyl sites for hydroxylation is 1. The summed E-state index contributed by atoms with van der Waals surface area (Å²) < 4.78 is 0. The van der Waals surface area contributed by atoms with Crippen LogP contribution in [0.5, 0.6) is 0 Å². The van der Waals surface area contributed by atoms with E-state index >= 15 is 0 Å². The van der Waals surface area contributed by atoms with Gasteiger partial charge in [-0.1, -0.05) is 6.07 Å². The standard InChI is InChI=1S/C11H16N2/c1-9-3-6-11(12-7-9)13(2)8-10-4-5-10/h3,6-7,10H,4-5,8H2,1-2H3. The van der Waals surface area contributed by atoms with E-state index in [1.54, 1.807) is 0 Å². The van der Waals surface area contributed by atoms with Gasteiger partial charge < -0.3 is 4.90 Å². The molecule has 0 aromatic carbocycles. The summed E-state index contributed by atoms with van der Waals surface area (Å²) in [6.45, 7) is 3.23. The quantitative estimate of drug-likeness (QED) is 0.702. The molecule has 0 radical (unpaired) electrons. The van der Waals surface area contributed by atoms with Crippen LogP contribution in [0.4, 0.5) is 5.82 Å². The predicted octanol–water partition coefficient (Wildman–Crippen LogP) is 2.24. The first-order valence-corrected chi connectivity index (χ1v) is 4.89. The zero-order valence-electron chi connectivity index (χ0n) is 8.33. The van der Waals surface area contributed by atoms with E-state index in [0.29, 0.717) is 0 Å². The fourth-order valence-corrected chi connectivity index (χ4v) is 1.47. The molecular weight excluding hydrogens is 160 g/mol. The van der Waals surface area contributed by atoms with Crippen molar-refractivity contribution in [1.29, 1.82) is 0 Å². The summed E-state index contributed by atoms with van der Waals surface area (Å²) in [5.74, 6) is 2.02. The molecule has 1 aromatic heterocycles. The average Bonchev–Trinajstić information content (AvgIpc) is 2.89. The van der Waals surface area contributed by atoms with Gasteiger partial charge >= 0.3 is 0 Å². The summed E-state index contributed by atoms with van der Waals surface area (Å²) >= 11 is 0. The maximum absolute atomic E-state index is 4.38. The highest BCUT2D eigenvalue weighted by Gasteiger charge is 2.23. The van der Waals surface area contributed by atoms with Crippen molar-refractivity contribution in [1.82, 2.24) is 4.98 Å². The van der Waals surface area contributed by atoms with Gasteiger partial charge in [-0.05, 0) is 37.3 Å². The van der Waals surface area contributed by atoms with Crippen LogP contribution < -0.4 is 4.90 Å². The molecule has 0 atom stereocenters. The first kappa shape index (κ1) is 8.54. The van der Waals surface area contributed by atoms with Crippen molar-refractivity contribution in [3.63, 3.8) is 0 Å². The van der Waals surface area contributed by atoms with Crippen LogP contribution in [0.3, 0.4) is 0 Å². The molecule has 1 saturated carbocycles. The highest BCUT2D eigenvalue weighted by atomic mass is 15.2. The number of anilines is 1. The van der Waals surface area contributed by atoms with Crippen LogP contribution in [0, 0.1) is 12.8 Å². The summed E-state index contributed by atoms with van der Waals surface area (Å²) in [6, 6.07) is 4.21. The third-order valence-corrected chi connectivity index (χ3v) is 2.52. The third-order valence-electron chi connectivity index (χ3n) is 2.52. The van der Waals surface area contributed by atoms with E-state index in [4.69, 9.17) is 0 Å². The van der Waals surface area contributed by atoms with Crippen LogP contribution in [-0.4, -0.2) is 18.6 Å². The number of pyridine rings is 1. The average molecular weight is 176 g/mol. The molecule has 0 spiro atoms. The lowest BCUT2D eigenvalue weighted by Crippen LogP contribution is -2.20. The van der Waals surface area contributed by atoms with Gasteiger partial charge in [-0.15, -0.1) is 0 Å². The van der Waals surface area contributed by atoms with Gasteiger partial charge in [0.1, 0.15) is 5.82 Å². The number of hydrogen-bond donors (Lipinski definition) is 0. The third kappa shape index (κ3) is 2.20. The molecule has 1 fully saturated rings. The predicted molar refractivity (Wildman–Crippen MR) is 55.0 cm³/mol. The van der Waals surface area contributed by atoms with Gasteiger partial charge in [0.15, 0.2) is 0 Å². The lowest BCUT2D eigenvalue weighted by Gasteiger charge is -2.17. The van der Waals surface area contributed by atoms with Crippen molar-refractivity contribution < 1.29 is 0 Å². The van der Waals surface area contributed by atoms with Crippen molar-refractivity contribution in [2.45, 2.75) is 19.8 Å². The van der Waals surface area contributed by atoms with Gasteiger partial charge in [0.2, 0.25) is 0 Å². The van der Waals surface area contributed by atoms with Crippen molar-refractivity contribution in [3.8, 4) is 0 Å². The zero-order valence-corrected chi connectivity index (χ0v) is 8.33. The molecule has 0 bridgehead atoms. The second-order valence-electron chi connectivity index (χ2n) is 4.02. The molecule has 70 valence electrons. The van der Waals surface area contributed by atoms with Crippen molar-refractivity contribution in [2.75, 3.05) is 18.5 Å². The Labute approximate surface area is 79.6 Å². The molecule has 1 aromatic rings. The minimum Gasteiger partial charge on any atom is -0.359 e. The van der Waals surface area contributed by atoms with E-state index < -0.39 is 0 Å². The molecule has 2 rings (SSSR count). The molecule has 13 heavy (non-hydrogen) atoms. The Kier molecular flexibility index (Phi) is 2.21. The summed E-state index contributed by atoms with van der Waals surface area (Å²) in [5.41, 5.74) is 1.23. The van der Waals surface area contributed by atoms with Crippen LogP contribution in [-0.2, 0) is 0 Å². The normalized spacial score (nSPS) is 15.8. The zero-order chi connectivity index (χ0) is 9.26. The van der Waals surface area contributed by atoms with Crippen LogP contribution in [0.2, 0.25) is 0 Å². The van der Waals surface area contributed by atoms with E-state index in [0.717, 1.165) is 18.3 Å². The smallest absolute Gasteiger partial charge is 0.128 e. The molecule has 1 heterocycles. The number of hydrogen-bond acceptors (Lipinski definition) is 2. The van der Waals surface area contributed by atoms with Crippen LogP contribution >= 0.6 is 0 Å². The van der Waals surface area contributed by atoms with Gasteiger partial charge in [-0.25, -0.2) is 4.98 Å².